The minimum atomic E-state index is -1.16. The summed E-state index contributed by atoms with van der Waals surface area (Å²) in [5.74, 6) is -1.62. The summed E-state index contributed by atoms with van der Waals surface area (Å²) in [4.78, 5) is 21.7. The van der Waals surface area contributed by atoms with E-state index in [1.165, 1.54) is 24.0 Å². The van der Waals surface area contributed by atoms with Gasteiger partial charge in [-0.2, -0.15) is 0 Å². The number of hydrogen-bond acceptors (Lipinski definition) is 5. The molecule has 2 aromatic heterocycles. The highest BCUT2D eigenvalue weighted by molar-refractivity contribution is 6.46. The van der Waals surface area contributed by atoms with Crippen LogP contribution in [0.5, 0.6) is 0 Å². The lowest BCUT2D eigenvalue weighted by atomic mass is 9.85. The smallest absolute Gasteiger partial charge is 0.351 e. The molecule has 0 aliphatic heterocycles. The maximum Gasteiger partial charge on any atom is 0.351 e. The Morgan fingerprint density at radius 3 is 2.37 bits per heavy atom. The fourth-order valence-corrected chi connectivity index (χ4v) is 2.63. The molecule has 3 rings (SSSR count). The third-order valence-corrected chi connectivity index (χ3v) is 5.42. The second-order valence-electron chi connectivity index (χ2n) is 8.25. The Morgan fingerprint density at radius 1 is 1.10 bits per heavy atom. The molecule has 0 fully saturated rings. The van der Waals surface area contributed by atoms with Crippen LogP contribution in [-0.2, 0) is 4.65 Å². The van der Waals surface area contributed by atoms with E-state index in [0.29, 0.717) is 11.3 Å². The maximum absolute atomic E-state index is 14.5. The number of rotatable bonds is 5. The van der Waals surface area contributed by atoms with Gasteiger partial charge in [-0.15, -0.1) is 0 Å². The molecule has 0 saturated heterocycles. The second-order valence-corrected chi connectivity index (χ2v) is 8.25. The lowest BCUT2D eigenvalue weighted by molar-refractivity contribution is -0.0893. The normalized spacial score (nSPS) is 12.4. The van der Waals surface area contributed by atoms with Crippen LogP contribution in [0.1, 0.15) is 39.0 Å². The molecule has 1 aromatic carbocycles. The fourth-order valence-electron chi connectivity index (χ4n) is 2.63. The third-order valence-electron chi connectivity index (χ3n) is 5.42. The first-order chi connectivity index (χ1) is 13.8. The van der Waals surface area contributed by atoms with Crippen LogP contribution in [-0.4, -0.2) is 38.2 Å². The van der Waals surface area contributed by atoms with Crippen molar-refractivity contribution in [2.24, 2.45) is 0 Å². The quantitative estimate of drug-likeness (QED) is 0.650. The van der Waals surface area contributed by atoms with Gasteiger partial charge in [-0.1, -0.05) is 0 Å². The molecule has 0 aliphatic rings. The van der Waals surface area contributed by atoms with Crippen LogP contribution in [0, 0.1) is 25.5 Å². The molecule has 3 aromatic rings. The van der Waals surface area contributed by atoms with Gasteiger partial charge in [0.2, 0.25) is 0 Å². The topological polar surface area (TPSA) is 76.7 Å². The van der Waals surface area contributed by atoms with Gasteiger partial charge in [0, 0.05) is 22.9 Å². The van der Waals surface area contributed by atoms with Crippen LogP contribution >= 0.6 is 0 Å². The van der Waals surface area contributed by atoms with Gasteiger partial charge in [0.05, 0.1) is 16.8 Å². The van der Waals surface area contributed by atoms with E-state index in [4.69, 9.17) is 4.65 Å². The average Bonchev–Trinajstić information content (AvgIpc) is 2.63. The molecule has 2 heterocycles. The van der Waals surface area contributed by atoms with Crippen molar-refractivity contribution in [3.8, 4) is 11.4 Å². The highest BCUT2D eigenvalue weighted by Gasteiger charge is 2.36. The van der Waals surface area contributed by atoms with E-state index in [9.17, 15) is 18.7 Å². The standard InChI is InChI=1S/C21H23BF2N3O3/c1-11-12(2)25-17-10-16(22-30-21(5,6)20(3,4)29)26-18(27(17)19(11)28)14-8-7-13(23)9-15(14)24/h7-10,29H,1-6H3. The molecule has 30 heavy (non-hydrogen) atoms. The first-order valence-electron chi connectivity index (χ1n) is 9.41. The Balaban J connectivity index is 2.22. The van der Waals surface area contributed by atoms with E-state index in [1.807, 2.05) is 0 Å². The number of nitrogens with zero attached hydrogens (tertiary/aromatic N) is 3. The van der Waals surface area contributed by atoms with Gasteiger partial charge < -0.3 is 9.76 Å². The number of benzene rings is 1. The Labute approximate surface area is 173 Å². The molecular weight excluding hydrogens is 391 g/mol. The summed E-state index contributed by atoms with van der Waals surface area (Å²) < 4.78 is 34.9. The summed E-state index contributed by atoms with van der Waals surface area (Å²) in [5, 5.41) is 10.3. The number of aryl methyl sites for hydroxylation is 1. The average molecular weight is 414 g/mol. The fraction of sp³-hybridized carbons (Fsp3) is 0.381. The van der Waals surface area contributed by atoms with Gasteiger partial charge in [0.15, 0.2) is 5.82 Å². The van der Waals surface area contributed by atoms with E-state index >= 15 is 0 Å². The minimum Gasteiger partial charge on any atom is -0.425 e. The molecule has 9 heteroatoms. The molecule has 0 saturated carbocycles. The van der Waals surface area contributed by atoms with Crippen molar-refractivity contribution in [2.75, 3.05) is 0 Å². The minimum absolute atomic E-state index is 0.0264. The highest BCUT2D eigenvalue weighted by atomic mass is 19.1. The molecule has 1 N–H and O–H groups in total. The Hall–Kier alpha value is -2.65. The number of hydrogen-bond donors (Lipinski definition) is 1. The Morgan fingerprint density at radius 2 is 1.77 bits per heavy atom. The lowest BCUT2D eigenvalue weighted by Gasteiger charge is -2.37. The molecule has 0 aliphatic carbocycles. The number of aliphatic hydroxyl groups is 1. The zero-order chi connectivity index (χ0) is 22.4. The van der Waals surface area contributed by atoms with Crippen molar-refractivity contribution in [3.63, 3.8) is 0 Å². The first-order valence-corrected chi connectivity index (χ1v) is 9.41. The van der Waals surface area contributed by atoms with Crippen molar-refractivity contribution in [1.29, 1.82) is 0 Å². The summed E-state index contributed by atoms with van der Waals surface area (Å²) in [6.07, 6.45) is 0. The molecule has 0 spiro atoms. The number of halogens is 2. The van der Waals surface area contributed by atoms with Crippen LogP contribution in [0.4, 0.5) is 8.78 Å². The van der Waals surface area contributed by atoms with Gasteiger partial charge >= 0.3 is 7.48 Å². The second kappa shape index (κ2) is 7.56. The molecular formula is C21H23BF2N3O3. The van der Waals surface area contributed by atoms with Gasteiger partial charge in [-0.05, 0) is 59.7 Å². The van der Waals surface area contributed by atoms with Gasteiger partial charge in [0.1, 0.15) is 17.3 Å². The summed E-state index contributed by atoms with van der Waals surface area (Å²) >= 11 is 0. The van der Waals surface area contributed by atoms with Crippen LogP contribution in [0.25, 0.3) is 17.0 Å². The van der Waals surface area contributed by atoms with Gasteiger partial charge in [-0.25, -0.2) is 23.1 Å². The summed E-state index contributed by atoms with van der Waals surface area (Å²) in [6.45, 7) is 9.97. The largest absolute Gasteiger partial charge is 0.425 e. The van der Waals surface area contributed by atoms with Crippen LogP contribution in [0.3, 0.4) is 0 Å². The van der Waals surface area contributed by atoms with E-state index in [2.05, 4.69) is 9.97 Å². The molecule has 0 atom stereocenters. The summed E-state index contributed by atoms with van der Waals surface area (Å²) in [5.41, 5.74) is -1.13. The van der Waals surface area contributed by atoms with E-state index in [0.717, 1.165) is 12.1 Å². The summed E-state index contributed by atoms with van der Waals surface area (Å²) in [6, 6.07) is 4.57. The first kappa shape index (κ1) is 22.0. The maximum atomic E-state index is 14.5. The van der Waals surface area contributed by atoms with E-state index in [-0.39, 0.29) is 22.6 Å². The SMILES string of the molecule is Cc1nc2cc([B]OC(C)(C)C(C)(C)O)nc(-c3ccc(F)cc3F)n2c(=O)c1C. The zero-order valence-corrected chi connectivity index (χ0v) is 17.7. The van der Waals surface area contributed by atoms with E-state index in [1.54, 1.807) is 41.5 Å². The van der Waals surface area contributed by atoms with Gasteiger partial charge in [-0.3, -0.25) is 4.79 Å². The van der Waals surface area contributed by atoms with E-state index < -0.39 is 28.4 Å². The van der Waals surface area contributed by atoms with Crippen LogP contribution < -0.4 is 11.2 Å². The lowest BCUT2D eigenvalue weighted by Crippen LogP contribution is -2.49. The van der Waals surface area contributed by atoms with Crippen molar-refractivity contribution in [2.45, 2.75) is 52.7 Å². The van der Waals surface area contributed by atoms with Crippen LogP contribution in [0.15, 0.2) is 29.1 Å². The van der Waals surface area contributed by atoms with Crippen molar-refractivity contribution in [3.05, 3.63) is 57.5 Å². The zero-order valence-electron chi connectivity index (χ0n) is 17.7. The molecule has 0 bridgehead atoms. The monoisotopic (exact) mass is 414 g/mol. The number of fused-ring (bicyclic) bond motifs is 1. The molecule has 0 unspecified atom stereocenters. The summed E-state index contributed by atoms with van der Waals surface area (Å²) in [7, 11) is 1.32. The van der Waals surface area contributed by atoms with Crippen molar-refractivity contribution >= 4 is 18.7 Å². The van der Waals surface area contributed by atoms with Crippen molar-refractivity contribution < 1.29 is 18.5 Å². The van der Waals surface area contributed by atoms with Crippen molar-refractivity contribution in [1.82, 2.24) is 14.4 Å². The Kier molecular flexibility index (Phi) is 5.55. The predicted molar refractivity (Wildman–Crippen MR) is 111 cm³/mol. The Bertz CT molecular complexity index is 1190. The molecule has 157 valence electrons. The molecule has 0 amide bonds. The van der Waals surface area contributed by atoms with Gasteiger partial charge in [0.25, 0.3) is 5.56 Å². The number of aromatic nitrogens is 3. The third kappa shape index (κ3) is 4.00. The predicted octanol–water partition coefficient (Wildman–Crippen LogP) is 2.46. The highest BCUT2D eigenvalue weighted by Crippen LogP contribution is 2.25. The molecule has 6 nitrogen and oxygen atoms in total. The molecule has 1 radical (unpaired) electrons. The van der Waals surface area contributed by atoms with Crippen LogP contribution in [0.2, 0.25) is 0 Å².